The molecule has 0 aromatic heterocycles. The molecule has 9 heteroatoms. The number of amides is 3. The Bertz CT molecular complexity index is 964. The summed E-state index contributed by atoms with van der Waals surface area (Å²) in [6, 6.07) is 9.94. The standard InChI is InChI=1S/C22H24FN3O5/c1-30-18-10-7-15(12-19(18)31-2)20(27)24-25-21(28)16-4-3-11-26(13-16)22(29)14-5-8-17(23)9-6-14/h5-10,12,16H,3-4,11,13H2,1-2H3,(H,24,27)(H,25,28). The molecule has 1 heterocycles. The van der Waals surface area contributed by atoms with Gasteiger partial charge in [-0.1, -0.05) is 0 Å². The normalized spacial score (nSPS) is 15.7. The second kappa shape index (κ2) is 9.92. The lowest BCUT2D eigenvalue weighted by Crippen LogP contribution is -2.50. The zero-order valence-electron chi connectivity index (χ0n) is 17.3. The predicted molar refractivity (Wildman–Crippen MR) is 110 cm³/mol. The fourth-order valence-electron chi connectivity index (χ4n) is 3.42. The van der Waals surface area contributed by atoms with Gasteiger partial charge in [-0.3, -0.25) is 25.2 Å². The van der Waals surface area contributed by atoms with E-state index in [0.717, 1.165) is 0 Å². The molecule has 2 aromatic rings. The summed E-state index contributed by atoms with van der Waals surface area (Å²) in [6.45, 7) is 0.728. The number of hydrogen-bond acceptors (Lipinski definition) is 5. The van der Waals surface area contributed by atoms with E-state index in [1.165, 1.54) is 44.6 Å². The Hall–Kier alpha value is -3.62. The van der Waals surface area contributed by atoms with Crippen LogP contribution in [0, 0.1) is 11.7 Å². The minimum absolute atomic E-state index is 0.217. The second-order valence-corrected chi connectivity index (χ2v) is 7.11. The molecule has 0 spiro atoms. The van der Waals surface area contributed by atoms with Gasteiger partial charge in [-0.05, 0) is 55.3 Å². The lowest BCUT2D eigenvalue weighted by molar-refractivity contribution is -0.127. The van der Waals surface area contributed by atoms with Crippen molar-refractivity contribution in [3.05, 3.63) is 59.4 Å². The van der Waals surface area contributed by atoms with Gasteiger partial charge in [0.25, 0.3) is 11.8 Å². The highest BCUT2D eigenvalue weighted by Gasteiger charge is 2.29. The van der Waals surface area contributed by atoms with Crippen LogP contribution >= 0.6 is 0 Å². The first-order valence-corrected chi connectivity index (χ1v) is 9.80. The third kappa shape index (κ3) is 5.30. The number of rotatable bonds is 5. The Labute approximate surface area is 179 Å². The minimum atomic E-state index is -0.510. The molecule has 1 saturated heterocycles. The van der Waals surface area contributed by atoms with Crippen molar-refractivity contribution in [3.8, 4) is 11.5 Å². The highest BCUT2D eigenvalue weighted by Crippen LogP contribution is 2.27. The van der Waals surface area contributed by atoms with Gasteiger partial charge in [0.05, 0.1) is 20.1 Å². The summed E-state index contributed by atoms with van der Waals surface area (Å²) in [6.07, 6.45) is 1.24. The summed E-state index contributed by atoms with van der Waals surface area (Å²) >= 11 is 0. The molecule has 1 atom stereocenters. The minimum Gasteiger partial charge on any atom is -0.493 e. The molecule has 2 aromatic carbocycles. The molecule has 0 aliphatic carbocycles. The van der Waals surface area contributed by atoms with Crippen LogP contribution in [-0.4, -0.2) is 49.9 Å². The van der Waals surface area contributed by atoms with E-state index >= 15 is 0 Å². The van der Waals surface area contributed by atoms with E-state index in [-0.39, 0.29) is 23.9 Å². The summed E-state index contributed by atoms with van der Waals surface area (Å²) in [5, 5.41) is 0. The van der Waals surface area contributed by atoms with Gasteiger partial charge in [-0.15, -0.1) is 0 Å². The SMILES string of the molecule is COc1ccc(C(=O)NNC(=O)C2CCCN(C(=O)c3ccc(F)cc3)C2)cc1OC. The van der Waals surface area contributed by atoms with Gasteiger partial charge in [-0.2, -0.15) is 0 Å². The van der Waals surface area contributed by atoms with Gasteiger partial charge in [0, 0.05) is 24.2 Å². The summed E-state index contributed by atoms with van der Waals surface area (Å²) < 4.78 is 23.4. The predicted octanol–water partition coefficient (Wildman–Crippen LogP) is 2.16. The van der Waals surface area contributed by atoms with Crippen LogP contribution in [0.4, 0.5) is 4.39 Å². The smallest absolute Gasteiger partial charge is 0.269 e. The molecule has 0 radical (unpaired) electrons. The monoisotopic (exact) mass is 429 g/mol. The number of carbonyl (C=O) groups is 3. The number of ether oxygens (including phenoxy) is 2. The van der Waals surface area contributed by atoms with Crippen LogP contribution in [0.25, 0.3) is 0 Å². The Balaban J connectivity index is 1.57. The van der Waals surface area contributed by atoms with Gasteiger partial charge in [0.1, 0.15) is 5.82 Å². The highest BCUT2D eigenvalue weighted by atomic mass is 19.1. The van der Waals surface area contributed by atoms with Crippen LogP contribution in [0.1, 0.15) is 33.6 Å². The van der Waals surface area contributed by atoms with Gasteiger partial charge in [0.2, 0.25) is 5.91 Å². The molecule has 2 N–H and O–H groups in total. The first-order valence-electron chi connectivity index (χ1n) is 9.80. The van der Waals surface area contributed by atoms with Crippen molar-refractivity contribution in [2.75, 3.05) is 27.3 Å². The number of methoxy groups -OCH3 is 2. The number of halogens is 1. The van der Waals surface area contributed by atoms with Crippen molar-refractivity contribution in [3.63, 3.8) is 0 Å². The Morgan fingerprint density at radius 2 is 1.65 bits per heavy atom. The third-order valence-corrected chi connectivity index (χ3v) is 5.12. The second-order valence-electron chi connectivity index (χ2n) is 7.11. The summed E-state index contributed by atoms with van der Waals surface area (Å²) in [5.74, 6) is -1.16. The van der Waals surface area contributed by atoms with Gasteiger partial charge >= 0.3 is 0 Å². The number of benzene rings is 2. The molecule has 3 rings (SSSR count). The van der Waals surface area contributed by atoms with Gasteiger partial charge in [0.15, 0.2) is 11.5 Å². The maximum atomic E-state index is 13.1. The molecule has 1 unspecified atom stereocenters. The first-order chi connectivity index (χ1) is 14.9. The molecule has 0 saturated carbocycles. The lowest BCUT2D eigenvalue weighted by atomic mass is 9.96. The largest absolute Gasteiger partial charge is 0.493 e. The summed E-state index contributed by atoms with van der Waals surface area (Å²) in [4.78, 5) is 39.1. The molecular weight excluding hydrogens is 405 g/mol. The number of hydrogen-bond donors (Lipinski definition) is 2. The van der Waals surface area contributed by atoms with Crippen molar-refractivity contribution in [1.29, 1.82) is 0 Å². The van der Waals surface area contributed by atoms with Crippen LogP contribution in [-0.2, 0) is 4.79 Å². The van der Waals surface area contributed by atoms with E-state index in [0.29, 0.717) is 36.4 Å². The van der Waals surface area contributed by atoms with Crippen LogP contribution in [0.3, 0.4) is 0 Å². The quantitative estimate of drug-likeness (QED) is 0.710. The molecular formula is C22H24FN3O5. The van der Waals surface area contributed by atoms with Gasteiger partial charge < -0.3 is 14.4 Å². The average Bonchev–Trinajstić information content (AvgIpc) is 2.81. The maximum absolute atomic E-state index is 13.1. The Kier molecular flexibility index (Phi) is 7.07. The summed E-state index contributed by atoms with van der Waals surface area (Å²) in [7, 11) is 2.95. The van der Waals surface area contributed by atoms with E-state index in [1.807, 2.05) is 0 Å². The van der Waals surface area contributed by atoms with E-state index in [1.54, 1.807) is 17.0 Å². The fourth-order valence-corrected chi connectivity index (χ4v) is 3.42. The highest BCUT2D eigenvalue weighted by molar-refractivity contribution is 5.97. The van der Waals surface area contributed by atoms with Crippen molar-refractivity contribution in [2.24, 2.45) is 5.92 Å². The van der Waals surface area contributed by atoms with E-state index in [2.05, 4.69) is 10.9 Å². The third-order valence-electron chi connectivity index (χ3n) is 5.12. The number of hydrazine groups is 1. The van der Waals surface area contributed by atoms with E-state index < -0.39 is 17.6 Å². The Morgan fingerprint density at radius 1 is 0.968 bits per heavy atom. The molecule has 3 amide bonds. The van der Waals surface area contributed by atoms with Crippen molar-refractivity contribution in [2.45, 2.75) is 12.8 Å². The molecule has 8 nitrogen and oxygen atoms in total. The van der Waals surface area contributed by atoms with E-state index in [9.17, 15) is 18.8 Å². The molecule has 1 aliphatic heterocycles. The maximum Gasteiger partial charge on any atom is 0.269 e. The van der Waals surface area contributed by atoms with Crippen molar-refractivity contribution >= 4 is 17.7 Å². The van der Waals surface area contributed by atoms with Crippen molar-refractivity contribution < 1.29 is 28.2 Å². The zero-order chi connectivity index (χ0) is 22.4. The molecule has 1 fully saturated rings. The summed E-state index contributed by atoms with van der Waals surface area (Å²) in [5.41, 5.74) is 5.46. The number of nitrogens with one attached hydrogen (secondary N) is 2. The van der Waals surface area contributed by atoms with E-state index in [4.69, 9.17) is 9.47 Å². The lowest BCUT2D eigenvalue weighted by Gasteiger charge is -2.32. The number of piperidine rings is 1. The first kappa shape index (κ1) is 22.1. The number of nitrogens with zero attached hydrogens (tertiary/aromatic N) is 1. The van der Waals surface area contributed by atoms with Crippen molar-refractivity contribution in [1.82, 2.24) is 15.8 Å². The number of likely N-dealkylation sites (tertiary alicyclic amines) is 1. The topological polar surface area (TPSA) is 97.0 Å². The van der Waals surface area contributed by atoms with Crippen LogP contribution < -0.4 is 20.3 Å². The molecule has 164 valence electrons. The van der Waals surface area contributed by atoms with Crippen LogP contribution in [0.5, 0.6) is 11.5 Å². The molecule has 31 heavy (non-hydrogen) atoms. The van der Waals surface area contributed by atoms with Gasteiger partial charge in [-0.25, -0.2) is 4.39 Å². The Morgan fingerprint density at radius 3 is 2.32 bits per heavy atom. The van der Waals surface area contributed by atoms with Crippen LogP contribution in [0.2, 0.25) is 0 Å². The molecule has 1 aliphatic rings. The molecule has 0 bridgehead atoms. The van der Waals surface area contributed by atoms with Crippen LogP contribution in [0.15, 0.2) is 42.5 Å². The fraction of sp³-hybridized carbons (Fsp3) is 0.318. The number of carbonyl (C=O) groups excluding carboxylic acids is 3. The average molecular weight is 429 g/mol. The zero-order valence-corrected chi connectivity index (χ0v) is 17.3.